The fraction of sp³-hybridized carbons (Fsp3) is 0.917. The van der Waals surface area contributed by atoms with Crippen LogP contribution in [0.1, 0.15) is 32.1 Å². The van der Waals surface area contributed by atoms with Gasteiger partial charge in [0.2, 0.25) is 5.91 Å². The molecule has 1 saturated carbocycles. The van der Waals surface area contributed by atoms with Crippen molar-refractivity contribution in [1.29, 1.82) is 0 Å². The van der Waals surface area contributed by atoms with E-state index in [1.54, 1.807) is 0 Å². The predicted molar refractivity (Wildman–Crippen MR) is 68.4 cm³/mol. The van der Waals surface area contributed by atoms with Crippen LogP contribution in [0.15, 0.2) is 0 Å². The van der Waals surface area contributed by atoms with Crippen LogP contribution in [0.25, 0.3) is 0 Å². The zero-order chi connectivity index (χ0) is 11.5. The maximum Gasteiger partial charge on any atom is 0.235 e. The molecule has 2 fully saturated rings. The van der Waals surface area contributed by atoms with Gasteiger partial charge in [0.15, 0.2) is 0 Å². The molecule has 0 aromatic rings. The zero-order valence-electron chi connectivity index (χ0n) is 10.0. The highest BCUT2D eigenvalue weighted by molar-refractivity contribution is 8.00. The van der Waals surface area contributed by atoms with Gasteiger partial charge in [-0.2, -0.15) is 0 Å². The van der Waals surface area contributed by atoms with Gasteiger partial charge in [0.25, 0.3) is 0 Å². The molecule has 1 aliphatic carbocycles. The Kier molecular flexibility index (Phi) is 4.14. The molecule has 1 heterocycles. The lowest BCUT2D eigenvalue weighted by Crippen LogP contribution is -2.44. The van der Waals surface area contributed by atoms with Gasteiger partial charge in [-0.3, -0.25) is 4.79 Å². The quantitative estimate of drug-likeness (QED) is 0.815. The maximum atomic E-state index is 12.3. The molecule has 4 heteroatoms. The Morgan fingerprint density at radius 2 is 2.19 bits per heavy atom. The highest BCUT2D eigenvalue weighted by Gasteiger charge is 2.35. The second kappa shape index (κ2) is 5.41. The first-order valence-corrected chi connectivity index (χ1v) is 7.37. The van der Waals surface area contributed by atoms with Crippen LogP contribution >= 0.6 is 11.8 Å². The standard InChI is InChI=1S/C12H22N2OS/c1-14(10-5-2-4-9(10)8-13)12(15)11-6-3-7-16-11/h9-11H,2-8,13H2,1H3. The number of rotatable bonds is 3. The Morgan fingerprint density at radius 3 is 2.81 bits per heavy atom. The smallest absolute Gasteiger partial charge is 0.235 e. The predicted octanol–water partition coefficient (Wildman–Crippen LogP) is 1.47. The number of hydrogen-bond acceptors (Lipinski definition) is 3. The normalized spacial score (nSPS) is 34.2. The van der Waals surface area contributed by atoms with E-state index in [4.69, 9.17) is 5.73 Å². The van der Waals surface area contributed by atoms with Crippen LogP contribution in [-0.2, 0) is 4.79 Å². The van der Waals surface area contributed by atoms with Crippen LogP contribution < -0.4 is 5.73 Å². The van der Waals surface area contributed by atoms with Crippen LogP contribution in [0.4, 0.5) is 0 Å². The summed E-state index contributed by atoms with van der Waals surface area (Å²) in [5.41, 5.74) is 5.77. The average Bonchev–Trinajstić information content (AvgIpc) is 2.97. The number of carbonyl (C=O) groups is 1. The topological polar surface area (TPSA) is 46.3 Å². The summed E-state index contributed by atoms with van der Waals surface area (Å²) >= 11 is 1.82. The fourth-order valence-corrected chi connectivity index (χ4v) is 4.23. The van der Waals surface area contributed by atoms with Gasteiger partial charge >= 0.3 is 0 Å². The van der Waals surface area contributed by atoms with Gasteiger partial charge in [-0.05, 0) is 43.9 Å². The molecule has 0 aromatic heterocycles. The third kappa shape index (κ3) is 2.38. The molecule has 0 aromatic carbocycles. The first kappa shape index (κ1) is 12.2. The molecule has 2 rings (SSSR count). The SMILES string of the molecule is CN(C(=O)C1CCCS1)C1CCCC1CN. The lowest BCUT2D eigenvalue weighted by molar-refractivity contribution is -0.132. The second-order valence-electron chi connectivity index (χ2n) is 4.94. The van der Waals surface area contributed by atoms with Crippen molar-refractivity contribution >= 4 is 17.7 Å². The average molecular weight is 242 g/mol. The van der Waals surface area contributed by atoms with Crippen LogP contribution in [-0.4, -0.2) is 41.4 Å². The van der Waals surface area contributed by atoms with Gasteiger partial charge in [-0.1, -0.05) is 6.42 Å². The molecular formula is C12H22N2OS. The van der Waals surface area contributed by atoms with Gasteiger partial charge in [0, 0.05) is 13.1 Å². The molecule has 1 saturated heterocycles. The molecule has 3 atom stereocenters. The van der Waals surface area contributed by atoms with E-state index in [9.17, 15) is 4.79 Å². The minimum atomic E-state index is 0.226. The summed E-state index contributed by atoms with van der Waals surface area (Å²) in [5, 5.41) is 0.226. The van der Waals surface area contributed by atoms with E-state index in [0.717, 1.165) is 25.1 Å². The van der Waals surface area contributed by atoms with E-state index >= 15 is 0 Å². The van der Waals surface area contributed by atoms with Crippen LogP contribution in [0.2, 0.25) is 0 Å². The van der Waals surface area contributed by atoms with Crippen molar-refractivity contribution < 1.29 is 4.79 Å². The van der Waals surface area contributed by atoms with Crippen molar-refractivity contribution in [2.45, 2.75) is 43.4 Å². The Morgan fingerprint density at radius 1 is 1.38 bits per heavy atom. The molecule has 3 unspecified atom stereocenters. The highest BCUT2D eigenvalue weighted by Crippen LogP contribution is 2.32. The number of hydrogen-bond donors (Lipinski definition) is 1. The summed E-state index contributed by atoms with van der Waals surface area (Å²) in [6.45, 7) is 0.722. The summed E-state index contributed by atoms with van der Waals surface area (Å²) in [6.07, 6.45) is 5.81. The van der Waals surface area contributed by atoms with E-state index in [-0.39, 0.29) is 5.25 Å². The Bertz CT molecular complexity index is 253. The largest absolute Gasteiger partial charge is 0.341 e. The molecule has 92 valence electrons. The van der Waals surface area contributed by atoms with Crippen molar-refractivity contribution in [2.75, 3.05) is 19.3 Å². The molecule has 1 amide bonds. The number of thioether (sulfide) groups is 1. The molecule has 2 N–H and O–H groups in total. The monoisotopic (exact) mass is 242 g/mol. The van der Waals surface area contributed by atoms with E-state index in [1.165, 1.54) is 19.3 Å². The van der Waals surface area contributed by atoms with Crippen molar-refractivity contribution in [2.24, 2.45) is 11.7 Å². The zero-order valence-corrected chi connectivity index (χ0v) is 10.8. The highest BCUT2D eigenvalue weighted by atomic mass is 32.2. The van der Waals surface area contributed by atoms with E-state index in [1.807, 2.05) is 23.7 Å². The Balaban J connectivity index is 1.94. The minimum Gasteiger partial charge on any atom is -0.341 e. The van der Waals surface area contributed by atoms with Crippen LogP contribution in [0.5, 0.6) is 0 Å². The van der Waals surface area contributed by atoms with Gasteiger partial charge in [0.1, 0.15) is 0 Å². The molecule has 3 nitrogen and oxygen atoms in total. The summed E-state index contributed by atoms with van der Waals surface area (Å²) < 4.78 is 0. The third-order valence-corrected chi connectivity index (χ3v) is 5.34. The van der Waals surface area contributed by atoms with Crippen molar-refractivity contribution in [3.05, 3.63) is 0 Å². The fourth-order valence-electron chi connectivity index (χ4n) is 2.97. The number of nitrogens with zero attached hydrogens (tertiary/aromatic N) is 1. The number of carbonyl (C=O) groups excluding carboxylic acids is 1. The number of nitrogens with two attached hydrogens (primary N) is 1. The molecule has 0 spiro atoms. The summed E-state index contributed by atoms with van der Waals surface area (Å²) in [7, 11) is 1.97. The Labute approximate surface area is 102 Å². The summed E-state index contributed by atoms with van der Waals surface area (Å²) in [5.74, 6) is 2.02. The first-order valence-electron chi connectivity index (χ1n) is 6.32. The molecule has 2 aliphatic rings. The van der Waals surface area contributed by atoms with Gasteiger partial charge < -0.3 is 10.6 Å². The lowest BCUT2D eigenvalue weighted by atomic mass is 10.0. The molecular weight excluding hydrogens is 220 g/mol. The van der Waals surface area contributed by atoms with Crippen molar-refractivity contribution in [3.8, 4) is 0 Å². The third-order valence-electron chi connectivity index (χ3n) is 3.97. The van der Waals surface area contributed by atoms with E-state index in [2.05, 4.69) is 0 Å². The second-order valence-corrected chi connectivity index (χ2v) is 6.26. The van der Waals surface area contributed by atoms with Gasteiger partial charge in [-0.25, -0.2) is 0 Å². The molecule has 0 bridgehead atoms. The maximum absolute atomic E-state index is 12.3. The van der Waals surface area contributed by atoms with Crippen molar-refractivity contribution in [3.63, 3.8) is 0 Å². The first-order chi connectivity index (χ1) is 7.74. The summed E-state index contributed by atoms with van der Waals surface area (Å²) in [4.78, 5) is 14.3. The molecule has 1 aliphatic heterocycles. The van der Waals surface area contributed by atoms with Crippen LogP contribution in [0.3, 0.4) is 0 Å². The van der Waals surface area contributed by atoms with Gasteiger partial charge in [-0.15, -0.1) is 11.8 Å². The lowest BCUT2D eigenvalue weighted by Gasteiger charge is -2.31. The minimum absolute atomic E-state index is 0.226. The van der Waals surface area contributed by atoms with Crippen molar-refractivity contribution in [1.82, 2.24) is 4.90 Å². The van der Waals surface area contributed by atoms with E-state index < -0.39 is 0 Å². The molecule has 0 radical (unpaired) electrons. The Hall–Kier alpha value is -0.220. The van der Waals surface area contributed by atoms with Gasteiger partial charge in [0.05, 0.1) is 5.25 Å². The van der Waals surface area contributed by atoms with E-state index in [0.29, 0.717) is 17.9 Å². The number of amides is 1. The summed E-state index contributed by atoms with van der Waals surface area (Å²) in [6, 6.07) is 0.402. The molecule has 16 heavy (non-hydrogen) atoms. The van der Waals surface area contributed by atoms with Crippen LogP contribution in [0, 0.1) is 5.92 Å².